The molecule has 0 aromatic rings. The van der Waals surface area contributed by atoms with Crippen LogP contribution in [0.4, 0.5) is 17.6 Å². The van der Waals surface area contributed by atoms with Gasteiger partial charge in [0.05, 0.1) is 0 Å². The lowest BCUT2D eigenvalue weighted by Gasteiger charge is -2.66. The van der Waals surface area contributed by atoms with Gasteiger partial charge in [-0.25, -0.2) is 0 Å². The number of hydrogen-bond acceptors (Lipinski definition) is 4. The molecule has 1 saturated heterocycles. The second-order valence-corrected chi connectivity index (χ2v) is 8.06. The first-order chi connectivity index (χ1) is 11.1. The number of carbonyl (C=O) groups excluding carboxylic acids is 1. The molecule has 5 rings (SSSR count). The Bertz CT molecular complexity index is 625. The van der Waals surface area contributed by atoms with Crippen LogP contribution in [0.5, 0.6) is 0 Å². The van der Waals surface area contributed by atoms with E-state index in [1.54, 1.807) is 0 Å². The number of fused-ring (bicyclic) bond motifs is 2. The predicted octanol–water partition coefficient (Wildman–Crippen LogP) is 2.58. The van der Waals surface area contributed by atoms with Gasteiger partial charge in [0.25, 0.3) is 0 Å². The van der Waals surface area contributed by atoms with Crippen LogP contribution in [-0.4, -0.2) is 48.3 Å². The third-order valence-corrected chi connectivity index (χ3v) is 7.19. The standard InChI is InChI=1S/C15H15ClF4O4/c16-3-9(21)24-12-2-8-10-7(1-11(10,12)4-12)15(8)22-5-13(17,18)14(19,20)6-23-15/h7-8,10H,1-6H2. The molecule has 134 valence electrons. The highest BCUT2D eigenvalue weighted by Crippen LogP contribution is 2.91. The Morgan fingerprint density at radius 3 is 2.25 bits per heavy atom. The zero-order valence-electron chi connectivity index (χ0n) is 12.5. The number of esters is 1. The molecule has 5 atom stereocenters. The van der Waals surface area contributed by atoms with E-state index in [2.05, 4.69) is 0 Å². The van der Waals surface area contributed by atoms with Gasteiger partial charge in [0.1, 0.15) is 24.7 Å². The van der Waals surface area contributed by atoms with Gasteiger partial charge >= 0.3 is 17.8 Å². The van der Waals surface area contributed by atoms with E-state index in [4.69, 9.17) is 25.8 Å². The Balaban J connectivity index is 1.40. The number of rotatable bonds is 2. The Labute approximate surface area is 139 Å². The van der Waals surface area contributed by atoms with Gasteiger partial charge in [0.2, 0.25) is 0 Å². The van der Waals surface area contributed by atoms with Crippen molar-refractivity contribution in [3.63, 3.8) is 0 Å². The third kappa shape index (κ3) is 1.45. The van der Waals surface area contributed by atoms with Gasteiger partial charge in [-0.2, -0.15) is 17.6 Å². The summed E-state index contributed by atoms with van der Waals surface area (Å²) in [6, 6.07) is 0. The van der Waals surface area contributed by atoms with Gasteiger partial charge < -0.3 is 14.2 Å². The lowest BCUT2D eigenvalue weighted by Crippen LogP contribution is -2.71. The number of halogens is 5. The quantitative estimate of drug-likeness (QED) is 0.426. The Hall–Kier alpha value is -0.600. The maximum absolute atomic E-state index is 13.6. The van der Waals surface area contributed by atoms with E-state index in [0.29, 0.717) is 12.8 Å². The molecule has 2 spiro atoms. The lowest BCUT2D eigenvalue weighted by atomic mass is 9.44. The summed E-state index contributed by atoms with van der Waals surface area (Å²) >= 11 is 5.49. The third-order valence-electron chi connectivity index (χ3n) is 6.97. The van der Waals surface area contributed by atoms with Crippen molar-refractivity contribution in [1.82, 2.24) is 0 Å². The minimum absolute atomic E-state index is 0.126. The molecule has 5 unspecified atom stereocenters. The molecule has 0 radical (unpaired) electrons. The van der Waals surface area contributed by atoms with Crippen molar-refractivity contribution in [1.29, 1.82) is 0 Å². The molecule has 5 fully saturated rings. The van der Waals surface area contributed by atoms with Crippen molar-refractivity contribution >= 4 is 17.6 Å². The number of ether oxygens (including phenoxy) is 3. The van der Waals surface area contributed by atoms with E-state index in [1.165, 1.54) is 0 Å². The molecule has 24 heavy (non-hydrogen) atoms. The summed E-state index contributed by atoms with van der Waals surface area (Å²) in [7, 11) is 0. The SMILES string of the molecule is O=C(CCl)OC12CC3C4C(CC41C2)C31OCC(F)(F)C(F)(F)CO1. The van der Waals surface area contributed by atoms with Crippen molar-refractivity contribution in [2.45, 2.75) is 42.5 Å². The molecule has 9 heteroatoms. The molecule has 0 amide bonds. The Kier molecular flexibility index (Phi) is 2.63. The maximum atomic E-state index is 13.6. The summed E-state index contributed by atoms with van der Waals surface area (Å²) in [6.45, 7) is -2.72. The average molecular weight is 371 g/mol. The monoisotopic (exact) mass is 370 g/mol. The van der Waals surface area contributed by atoms with Gasteiger partial charge in [0.15, 0.2) is 5.79 Å². The normalized spacial score (nSPS) is 50.8. The zero-order valence-corrected chi connectivity index (χ0v) is 13.3. The fraction of sp³-hybridized carbons (Fsp3) is 0.933. The molecule has 4 nitrogen and oxygen atoms in total. The van der Waals surface area contributed by atoms with Gasteiger partial charge in [0, 0.05) is 17.3 Å². The lowest BCUT2D eigenvalue weighted by molar-refractivity contribution is -0.399. The Morgan fingerprint density at radius 1 is 1.08 bits per heavy atom. The number of hydrogen-bond donors (Lipinski definition) is 0. The van der Waals surface area contributed by atoms with Crippen LogP contribution in [-0.2, 0) is 19.0 Å². The van der Waals surface area contributed by atoms with Crippen molar-refractivity contribution in [3.05, 3.63) is 0 Å². The van der Waals surface area contributed by atoms with E-state index in [9.17, 15) is 22.4 Å². The molecule has 4 aliphatic carbocycles. The van der Waals surface area contributed by atoms with E-state index < -0.39 is 42.4 Å². The van der Waals surface area contributed by atoms with Crippen LogP contribution in [0.2, 0.25) is 0 Å². The summed E-state index contributed by atoms with van der Waals surface area (Å²) in [5, 5.41) is 0. The molecule has 1 heterocycles. The summed E-state index contributed by atoms with van der Waals surface area (Å²) in [4.78, 5) is 11.6. The summed E-state index contributed by atoms with van der Waals surface area (Å²) in [5.41, 5.74) is -0.794. The average Bonchev–Trinajstić information content (AvgIpc) is 3.12. The second-order valence-electron chi connectivity index (χ2n) is 7.79. The van der Waals surface area contributed by atoms with Crippen molar-refractivity contribution in [3.8, 4) is 0 Å². The Morgan fingerprint density at radius 2 is 1.67 bits per heavy atom. The highest BCUT2D eigenvalue weighted by molar-refractivity contribution is 6.26. The highest BCUT2D eigenvalue weighted by Gasteiger charge is 2.95. The van der Waals surface area contributed by atoms with Gasteiger partial charge in [-0.1, -0.05) is 0 Å². The van der Waals surface area contributed by atoms with Gasteiger partial charge in [-0.05, 0) is 25.2 Å². The molecule has 0 N–H and O–H groups in total. The minimum Gasteiger partial charge on any atom is -0.458 e. The molecule has 0 bridgehead atoms. The van der Waals surface area contributed by atoms with Crippen LogP contribution in [0.1, 0.15) is 19.3 Å². The second kappa shape index (κ2) is 4.04. The molecular formula is C15H15ClF4O4. The molecule has 5 aliphatic rings. The van der Waals surface area contributed by atoms with Crippen LogP contribution in [0.15, 0.2) is 0 Å². The number of carbonyl (C=O) groups is 1. The van der Waals surface area contributed by atoms with Crippen LogP contribution < -0.4 is 0 Å². The van der Waals surface area contributed by atoms with Crippen LogP contribution in [0.25, 0.3) is 0 Å². The highest BCUT2D eigenvalue weighted by atomic mass is 35.5. The van der Waals surface area contributed by atoms with E-state index in [1.807, 2.05) is 0 Å². The van der Waals surface area contributed by atoms with E-state index >= 15 is 0 Å². The van der Waals surface area contributed by atoms with Gasteiger partial charge in [-0.3, -0.25) is 4.79 Å². The summed E-state index contributed by atoms with van der Waals surface area (Å²) < 4.78 is 70.3. The first-order valence-electron chi connectivity index (χ1n) is 7.95. The van der Waals surface area contributed by atoms with Crippen molar-refractivity contribution in [2.24, 2.45) is 23.2 Å². The topological polar surface area (TPSA) is 44.8 Å². The smallest absolute Gasteiger partial charge is 0.335 e. The minimum atomic E-state index is -4.26. The zero-order chi connectivity index (χ0) is 17.2. The first kappa shape index (κ1) is 15.6. The largest absolute Gasteiger partial charge is 0.458 e. The maximum Gasteiger partial charge on any atom is 0.335 e. The van der Waals surface area contributed by atoms with Gasteiger partial charge in [-0.15, -0.1) is 11.6 Å². The van der Waals surface area contributed by atoms with Crippen LogP contribution >= 0.6 is 11.6 Å². The van der Waals surface area contributed by atoms with Crippen molar-refractivity contribution in [2.75, 3.05) is 19.1 Å². The van der Waals surface area contributed by atoms with E-state index in [0.717, 1.165) is 6.42 Å². The van der Waals surface area contributed by atoms with Crippen LogP contribution in [0.3, 0.4) is 0 Å². The molecular weight excluding hydrogens is 356 g/mol. The molecule has 4 saturated carbocycles. The number of alkyl halides is 5. The first-order valence-corrected chi connectivity index (χ1v) is 8.48. The molecule has 0 aromatic carbocycles. The van der Waals surface area contributed by atoms with Crippen molar-refractivity contribution < 1.29 is 36.6 Å². The predicted molar refractivity (Wildman–Crippen MR) is 70.8 cm³/mol. The van der Waals surface area contributed by atoms with Crippen LogP contribution in [0, 0.1) is 23.2 Å². The molecule has 0 aromatic heterocycles. The molecule has 1 aliphatic heterocycles. The van der Waals surface area contributed by atoms with E-state index in [-0.39, 0.29) is 29.0 Å². The summed E-state index contributed by atoms with van der Waals surface area (Å²) in [6.07, 6.45) is 1.71. The fourth-order valence-corrected chi connectivity index (χ4v) is 5.96. The summed E-state index contributed by atoms with van der Waals surface area (Å²) in [5.74, 6) is -11.0. The fourth-order valence-electron chi connectivity index (χ4n) is 5.90.